The van der Waals surface area contributed by atoms with E-state index < -0.39 is 5.82 Å². The topological polar surface area (TPSA) is 36.7 Å². The van der Waals surface area contributed by atoms with E-state index in [1.54, 1.807) is 30.6 Å². The van der Waals surface area contributed by atoms with Gasteiger partial charge in [0, 0.05) is 22.4 Å². The monoisotopic (exact) mass is 336 g/mol. The number of pyridine rings is 1. The second kappa shape index (κ2) is 5.96. The maximum atomic E-state index is 13.3. The molecule has 94 valence electrons. The molecule has 1 aromatic carbocycles. The summed E-state index contributed by atoms with van der Waals surface area (Å²) in [6.45, 7) is 0. The molecule has 0 aliphatic rings. The van der Waals surface area contributed by atoms with Crippen LogP contribution >= 0.6 is 27.5 Å². The summed E-state index contributed by atoms with van der Waals surface area (Å²) < 4.78 is 13.9. The molecule has 0 aliphatic heterocycles. The smallest absolute Gasteiger partial charge is 0.123 e. The summed E-state index contributed by atoms with van der Waals surface area (Å²) in [5.74, 6) is -0.414. The van der Waals surface area contributed by atoms with Crippen LogP contribution in [0.1, 0.15) is 11.1 Å². The lowest BCUT2D eigenvalue weighted by Crippen LogP contribution is -1.89. The van der Waals surface area contributed by atoms with E-state index in [0.717, 1.165) is 0 Å². The molecule has 0 N–H and O–H groups in total. The van der Waals surface area contributed by atoms with Crippen LogP contribution in [0, 0.1) is 17.1 Å². The summed E-state index contributed by atoms with van der Waals surface area (Å²) in [4.78, 5) is 3.88. The number of hydrogen-bond donors (Lipinski definition) is 0. The van der Waals surface area contributed by atoms with Crippen LogP contribution in [0.2, 0.25) is 0 Å². The first-order valence-electron chi connectivity index (χ1n) is 5.29. The average Bonchev–Trinajstić information content (AvgIpc) is 2.43. The zero-order valence-electron chi connectivity index (χ0n) is 9.57. The van der Waals surface area contributed by atoms with Gasteiger partial charge in [-0.3, -0.25) is 4.98 Å². The van der Waals surface area contributed by atoms with Gasteiger partial charge in [-0.25, -0.2) is 4.39 Å². The van der Waals surface area contributed by atoms with Crippen LogP contribution in [-0.4, -0.2) is 4.98 Å². The van der Waals surface area contributed by atoms with Crippen molar-refractivity contribution in [1.82, 2.24) is 4.98 Å². The zero-order valence-corrected chi connectivity index (χ0v) is 11.9. The second-order valence-electron chi connectivity index (χ2n) is 3.66. The first-order valence-corrected chi connectivity index (χ1v) is 6.46. The van der Waals surface area contributed by atoms with Crippen molar-refractivity contribution in [3.05, 3.63) is 64.1 Å². The van der Waals surface area contributed by atoms with Gasteiger partial charge in [0.15, 0.2) is 0 Å². The maximum Gasteiger partial charge on any atom is 0.123 e. The minimum Gasteiger partial charge on any atom is -0.265 e. The number of allylic oxidation sites excluding steroid dienone is 1. The Morgan fingerprint density at radius 3 is 2.58 bits per heavy atom. The molecule has 0 fully saturated rings. The molecule has 0 atom stereocenters. The molecule has 0 radical (unpaired) electrons. The molecular weight excluding hydrogens is 331 g/mol. The van der Waals surface area contributed by atoms with E-state index >= 15 is 0 Å². The molecule has 0 saturated heterocycles. The van der Waals surface area contributed by atoms with Gasteiger partial charge in [0.2, 0.25) is 0 Å². The third-order valence-corrected chi connectivity index (χ3v) is 3.55. The molecule has 0 bridgehead atoms. The Kier molecular flexibility index (Phi) is 4.31. The maximum absolute atomic E-state index is 13.3. The van der Waals surface area contributed by atoms with Crippen molar-refractivity contribution < 1.29 is 4.39 Å². The van der Waals surface area contributed by atoms with E-state index in [0.29, 0.717) is 15.6 Å². The Balaban J connectivity index is 2.62. The third kappa shape index (κ3) is 3.01. The lowest BCUT2D eigenvalue weighted by atomic mass is 10.0. The quantitative estimate of drug-likeness (QED) is 0.750. The SMILES string of the molecule is N#C/C(=C(\Cl)c1cc(F)ccc1Br)c1ccncc1. The summed E-state index contributed by atoms with van der Waals surface area (Å²) in [6.07, 6.45) is 3.13. The molecule has 2 nitrogen and oxygen atoms in total. The second-order valence-corrected chi connectivity index (χ2v) is 4.89. The molecule has 0 aliphatic carbocycles. The fourth-order valence-corrected chi connectivity index (χ4v) is 2.43. The van der Waals surface area contributed by atoms with E-state index in [4.69, 9.17) is 11.6 Å². The number of hydrogen-bond acceptors (Lipinski definition) is 2. The number of rotatable bonds is 2. The fraction of sp³-hybridized carbons (Fsp3) is 0. The van der Waals surface area contributed by atoms with Gasteiger partial charge in [0.05, 0.1) is 10.6 Å². The number of nitriles is 1. The van der Waals surface area contributed by atoms with Gasteiger partial charge in [-0.1, -0.05) is 27.5 Å². The Labute approximate surface area is 123 Å². The normalized spacial score (nSPS) is 11.7. The standard InChI is InChI=1S/C14H7BrClFN2/c15-13-2-1-10(17)7-11(13)14(16)12(8-18)9-3-5-19-6-4-9/h1-7H/b14-12+. The summed E-state index contributed by atoms with van der Waals surface area (Å²) in [5.41, 5.74) is 1.35. The van der Waals surface area contributed by atoms with Crippen LogP contribution < -0.4 is 0 Å². The summed E-state index contributed by atoms with van der Waals surface area (Å²) >= 11 is 9.52. The van der Waals surface area contributed by atoms with Crippen LogP contribution in [0.25, 0.3) is 10.6 Å². The van der Waals surface area contributed by atoms with E-state index in [1.807, 2.05) is 6.07 Å². The first kappa shape index (κ1) is 13.7. The minimum atomic E-state index is -0.414. The Morgan fingerprint density at radius 1 is 1.26 bits per heavy atom. The summed E-state index contributed by atoms with van der Waals surface area (Å²) in [7, 11) is 0. The summed E-state index contributed by atoms with van der Waals surface area (Å²) in [5, 5.41) is 9.44. The molecule has 1 heterocycles. The van der Waals surface area contributed by atoms with Crippen molar-refractivity contribution in [1.29, 1.82) is 5.26 Å². The highest BCUT2D eigenvalue weighted by atomic mass is 79.9. The van der Waals surface area contributed by atoms with Crippen LogP contribution in [-0.2, 0) is 0 Å². The van der Waals surface area contributed by atoms with Crippen molar-refractivity contribution in [2.45, 2.75) is 0 Å². The van der Waals surface area contributed by atoms with Crippen LogP contribution in [0.3, 0.4) is 0 Å². The molecule has 19 heavy (non-hydrogen) atoms. The van der Waals surface area contributed by atoms with E-state index in [1.165, 1.54) is 12.1 Å². The molecule has 5 heteroatoms. The Hall–Kier alpha value is -1.70. The van der Waals surface area contributed by atoms with Crippen LogP contribution in [0.5, 0.6) is 0 Å². The zero-order chi connectivity index (χ0) is 13.8. The van der Waals surface area contributed by atoms with Crippen molar-refractivity contribution in [3.63, 3.8) is 0 Å². The summed E-state index contributed by atoms with van der Waals surface area (Å²) in [6, 6.07) is 9.54. The van der Waals surface area contributed by atoms with Gasteiger partial charge in [-0.2, -0.15) is 5.26 Å². The van der Waals surface area contributed by atoms with E-state index in [2.05, 4.69) is 20.9 Å². The molecule has 0 spiro atoms. The van der Waals surface area contributed by atoms with Gasteiger partial charge in [-0.15, -0.1) is 0 Å². The average molecular weight is 338 g/mol. The molecule has 0 amide bonds. The molecule has 0 saturated carbocycles. The molecule has 1 aromatic heterocycles. The molecule has 0 unspecified atom stereocenters. The van der Waals surface area contributed by atoms with Gasteiger partial charge >= 0.3 is 0 Å². The Morgan fingerprint density at radius 2 is 1.95 bits per heavy atom. The van der Waals surface area contributed by atoms with Crippen molar-refractivity contribution in [2.24, 2.45) is 0 Å². The third-order valence-electron chi connectivity index (χ3n) is 2.47. The number of nitrogens with zero attached hydrogens (tertiary/aromatic N) is 2. The first-order chi connectivity index (χ1) is 9.13. The minimum absolute atomic E-state index is 0.195. The predicted octanol–water partition coefficient (Wildman–Crippen LogP) is 4.61. The fourth-order valence-electron chi connectivity index (χ4n) is 1.56. The van der Waals surface area contributed by atoms with Gasteiger partial charge in [-0.05, 0) is 35.9 Å². The highest BCUT2D eigenvalue weighted by Gasteiger charge is 2.13. The molecule has 2 rings (SSSR count). The van der Waals surface area contributed by atoms with Crippen LogP contribution in [0.15, 0.2) is 47.2 Å². The van der Waals surface area contributed by atoms with Gasteiger partial charge in [0.1, 0.15) is 11.9 Å². The van der Waals surface area contributed by atoms with Gasteiger partial charge in [0.25, 0.3) is 0 Å². The number of halogens is 3. The predicted molar refractivity (Wildman–Crippen MR) is 76.6 cm³/mol. The van der Waals surface area contributed by atoms with Crippen molar-refractivity contribution in [2.75, 3.05) is 0 Å². The van der Waals surface area contributed by atoms with Gasteiger partial charge < -0.3 is 0 Å². The highest BCUT2D eigenvalue weighted by Crippen LogP contribution is 2.33. The highest BCUT2D eigenvalue weighted by molar-refractivity contribution is 9.10. The van der Waals surface area contributed by atoms with Crippen LogP contribution in [0.4, 0.5) is 4.39 Å². The lowest BCUT2D eigenvalue weighted by molar-refractivity contribution is 0.627. The van der Waals surface area contributed by atoms with Crippen molar-refractivity contribution in [3.8, 4) is 6.07 Å². The molecular formula is C14H7BrClFN2. The molecule has 2 aromatic rings. The number of benzene rings is 1. The number of aromatic nitrogens is 1. The lowest BCUT2D eigenvalue weighted by Gasteiger charge is -2.06. The Bertz CT molecular complexity index is 678. The van der Waals surface area contributed by atoms with E-state index in [9.17, 15) is 9.65 Å². The largest absolute Gasteiger partial charge is 0.265 e. The van der Waals surface area contributed by atoms with E-state index in [-0.39, 0.29) is 10.6 Å². The van der Waals surface area contributed by atoms with Crippen molar-refractivity contribution >= 4 is 38.1 Å².